The van der Waals surface area contributed by atoms with E-state index in [1.807, 2.05) is 6.92 Å². The van der Waals surface area contributed by atoms with E-state index < -0.39 is 130 Å². The quantitative estimate of drug-likeness (QED) is 0.142. The van der Waals surface area contributed by atoms with Gasteiger partial charge in [-0.3, -0.25) is 19.2 Å². The Morgan fingerprint density at radius 1 is 0.953 bits per heavy atom. The molecule has 4 aliphatic rings. The molecule has 3 aliphatic carbocycles. The lowest BCUT2D eigenvalue weighted by Crippen LogP contribution is -2.82. The van der Waals surface area contributed by atoms with Crippen molar-refractivity contribution in [3.8, 4) is 0 Å². The molecule has 3 saturated carbocycles. The molecule has 2 aromatic carbocycles. The summed E-state index contributed by atoms with van der Waals surface area (Å²) >= 11 is 0. The summed E-state index contributed by atoms with van der Waals surface area (Å²) in [5.74, 6) is -9.77. The fourth-order valence-corrected chi connectivity index (χ4v) is 10.5. The van der Waals surface area contributed by atoms with E-state index in [1.54, 1.807) is 90.1 Å². The van der Waals surface area contributed by atoms with E-state index in [0.29, 0.717) is 18.4 Å². The Morgan fingerprint density at radius 2 is 1.58 bits per heavy atom. The number of amides is 1. The van der Waals surface area contributed by atoms with Crippen LogP contribution in [0.1, 0.15) is 116 Å². The van der Waals surface area contributed by atoms with Gasteiger partial charge in [-0.05, 0) is 51.8 Å². The third kappa shape index (κ3) is 8.68. The average Bonchev–Trinajstić information content (AvgIpc) is 3.22. The lowest BCUT2D eigenvalue weighted by molar-refractivity contribution is -0.350. The van der Waals surface area contributed by atoms with Crippen LogP contribution >= 0.6 is 0 Å². The number of unbranched alkanes of at least 4 members (excludes halogenated alkanes) is 1. The maximum Gasteiger partial charge on any atom is 0.408 e. The van der Waals surface area contributed by atoms with Gasteiger partial charge in [0.25, 0.3) is 0 Å². The third-order valence-corrected chi connectivity index (χ3v) is 13.8. The highest BCUT2D eigenvalue weighted by Gasteiger charge is 2.79. The van der Waals surface area contributed by atoms with Crippen molar-refractivity contribution in [1.82, 2.24) is 5.32 Å². The second-order valence-electron chi connectivity index (χ2n) is 19.5. The predicted molar refractivity (Wildman–Crippen MR) is 226 cm³/mol. The van der Waals surface area contributed by atoms with Crippen LogP contribution in [0.2, 0.25) is 0 Å². The third-order valence-electron chi connectivity index (χ3n) is 13.8. The van der Waals surface area contributed by atoms with Gasteiger partial charge in [-0.1, -0.05) is 82.6 Å². The number of hydrogen-bond donors (Lipinski definition) is 3. The van der Waals surface area contributed by atoms with Crippen molar-refractivity contribution in [1.29, 1.82) is 0 Å². The number of Topliss-reactive ketones (excluding diaryl/α,β-unsaturated/α-hetero) is 2. The van der Waals surface area contributed by atoms with E-state index in [4.69, 9.17) is 28.4 Å². The van der Waals surface area contributed by atoms with Crippen LogP contribution in [0.25, 0.3) is 0 Å². The Morgan fingerprint density at radius 3 is 2.14 bits per heavy atom. The number of carbonyl (C=O) groups is 7. The number of rotatable bonds is 12. The van der Waals surface area contributed by atoms with E-state index in [1.165, 1.54) is 19.1 Å². The zero-order valence-corrected chi connectivity index (χ0v) is 37.9. The Bertz CT molecular complexity index is 2120. The number of ketones is 2. The first kappa shape index (κ1) is 48.3. The molecule has 0 radical (unpaired) electrons. The number of alkyl carbamates (subject to hydrolysis) is 1. The van der Waals surface area contributed by atoms with E-state index in [2.05, 4.69) is 5.32 Å². The maximum absolute atomic E-state index is 15.1. The minimum atomic E-state index is -2.40. The van der Waals surface area contributed by atoms with Gasteiger partial charge in [0.05, 0.1) is 29.6 Å². The number of ether oxygens (including phenoxy) is 6. The molecule has 0 aromatic heterocycles. The molecular weight excluding hydrogens is 831 g/mol. The fourth-order valence-electron chi connectivity index (χ4n) is 10.5. The second kappa shape index (κ2) is 18.0. The van der Waals surface area contributed by atoms with Crippen molar-refractivity contribution >= 4 is 41.5 Å². The van der Waals surface area contributed by atoms with Crippen LogP contribution in [0.5, 0.6) is 0 Å². The second-order valence-corrected chi connectivity index (χ2v) is 19.5. The molecule has 16 nitrogen and oxygen atoms in total. The van der Waals surface area contributed by atoms with Crippen LogP contribution in [0.4, 0.5) is 4.79 Å². The number of hydrogen-bond acceptors (Lipinski definition) is 15. The standard InChI is InChI=1S/C48H61NO15/c1-10-11-22-33(52)61-37(35(28-18-14-12-15-19-28)49-43(57)64-44(4,5)6)42(56)60-30-24-48(58)40(62-41(55)29-20-16-13-17-21-29)38-46(9,39(54)36(53)34(26(30)2)45(48,7)8)31(51)23-32-47(38,25-59-32)63-27(3)50/h12-21,26,30-32,34-35,37-38,40,51,58H,10-11,22-25H2,1-9H3,(H,49,57)/t26?,30-,31-,32+,34?,35-,37+,38?,40-,46+,47-,48+/m0/s1. The van der Waals surface area contributed by atoms with Crippen LogP contribution in [0.3, 0.4) is 0 Å². The van der Waals surface area contributed by atoms with Gasteiger partial charge in [0, 0.05) is 43.4 Å². The normalized spacial score (nSPS) is 32.6. The Balaban J connectivity index is 1.50. The number of fused-ring (bicyclic) bond motifs is 5. The molecule has 64 heavy (non-hydrogen) atoms. The van der Waals surface area contributed by atoms with Crippen LogP contribution in [0.15, 0.2) is 60.7 Å². The number of aliphatic hydroxyl groups excluding tert-OH is 1. The SMILES string of the molecule is CCCCC(=O)O[C@@H](C(=O)O[C@H]1C[C@@]2(O)[C@@H](OC(=O)c3ccccc3)C3[C@](C)(C(=O)C(=O)C(C1C)C2(C)C)[C@@H](O)C[C@H]1OC[C@@]31OC(C)=O)[C@@H](NC(=O)OC(C)(C)C)c1ccccc1. The summed E-state index contributed by atoms with van der Waals surface area (Å²) in [6, 6.07) is 14.7. The van der Waals surface area contributed by atoms with Crippen LogP contribution in [0, 0.1) is 28.6 Å². The molecule has 4 fully saturated rings. The van der Waals surface area contributed by atoms with Gasteiger partial charge >= 0.3 is 30.0 Å². The number of carbonyl (C=O) groups excluding carboxylic acids is 7. The van der Waals surface area contributed by atoms with Crippen molar-refractivity contribution in [3.63, 3.8) is 0 Å². The lowest BCUT2D eigenvalue weighted by atomic mass is 9.42. The predicted octanol–water partition coefficient (Wildman–Crippen LogP) is 5.14. The summed E-state index contributed by atoms with van der Waals surface area (Å²) in [5.41, 5.74) is -8.47. The van der Waals surface area contributed by atoms with Gasteiger partial charge in [0.15, 0.2) is 5.60 Å². The topological polar surface area (TPSA) is 227 Å². The fraction of sp³-hybridized carbons (Fsp3) is 0.604. The highest BCUT2D eigenvalue weighted by Crippen LogP contribution is 2.64. The van der Waals surface area contributed by atoms with Crippen LogP contribution in [-0.4, -0.2) is 106 Å². The molecule has 6 rings (SSSR count). The van der Waals surface area contributed by atoms with E-state index in [-0.39, 0.29) is 25.0 Å². The monoisotopic (exact) mass is 891 g/mol. The number of nitrogens with one attached hydrogen (secondary N) is 1. The van der Waals surface area contributed by atoms with Gasteiger partial charge < -0.3 is 44.0 Å². The largest absolute Gasteiger partial charge is 0.459 e. The lowest BCUT2D eigenvalue weighted by Gasteiger charge is -2.67. The molecular formula is C48H61NO15. The maximum atomic E-state index is 15.1. The summed E-state index contributed by atoms with van der Waals surface area (Å²) in [6.07, 6.45) is -8.45. The van der Waals surface area contributed by atoms with Crippen molar-refractivity contribution < 1.29 is 72.2 Å². The molecule has 3 unspecified atom stereocenters. The van der Waals surface area contributed by atoms with Gasteiger partial charge in [-0.15, -0.1) is 0 Å². The Kier molecular flexibility index (Phi) is 13.6. The van der Waals surface area contributed by atoms with Gasteiger partial charge in [0.2, 0.25) is 17.7 Å². The first-order valence-corrected chi connectivity index (χ1v) is 21.9. The number of aliphatic hydroxyl groups is 2. The molecule has 0 spiro atoms. The van der Waals surface area contributed by atoms with Crippen molar-refractivity contribution in [2.24, 2.45) is 28.6 Å². The van der Waals surface area contributed by atoms with E-state index in [9.17, 15) is 34.2 Å². The smallest absolute Gasteiger partial charge is 0.408 e. The molecule has 1 aliphatic heterocycles. The molecule has 1 saturated heterocycles. The van der Waals surface area contributed by atoms with Crippen molar-refractivity contribution in [3.05, 3.63) is 71.8 Å². The molecule has 3 N–H and O–H groups in total. The molecule has 16 heteroatoms. The van der Waals surface area contributed by atoms with Crippen LogP contribution < -0.4 is 5.32 Å². The first-order chi connectivity index (χ1) is 29.9. The van der Waals surface area contributed by atoms with Gasteiger partial charge in [-0.2, -0.15) is 0 Å². The first-order valence-electron chi connectivity index (χ1n) is 21.9. The highest BCUT2D eigenvalue weighted by molar-refractivity contribution is 6.40. The van der Waals surface area contributed by atoms with Gasteiger partial charge in [0.1, 0.15) is 35.6 Å². The van der Waals surface area contributed by atoms with Crippen LogP contribution in [-0.2, 0) is 52.4 Å². The van der Waals surface area contributed by atoms with E-state index in [0.717, 1.165) is 6.92 Å². The highest BCUT2D eigenvalue weighted by atomic mass is 16.6. The summed E-state index contributed by atoms with van der Waals surface area (Å²) in [4.78, 5) is 98.9. The molecule has 2 bridgehead atoms. The number of esters is 4. The summed E-state index contributed by atoms with van der Waals surface area (Å²) < 4.78 is 35.9. The Hall–Kier alpha value is -5.19. The summed E-state index contributed by atoms with van der Waals surface area (Å²) in [6.45, 7) is 13.7. The number of benzene rings is 2. The van der Waals surface area contributed by atoms with E-state index >= 15 is 9.59 Å². The van der Waals surface area contributed by atoms with Gasteiger partial charge in [-0.25, -0.2) is 14.4 Å². The Labute approximate surface area is 373 Å². The zero-order valence-electron chi connectivity index (χ0n) is 37.9. The summed E-state index contributed by atoms with van der Waals surface area (Å²) in [7, 11) is 0. The van der Waals surface area contributed by atoms with Crippen molar-refractivity contribution in [2.45, 2.75) is 148 Å². The molecule has 348 valence electrons. The molecule has 1 heterocycles. The summed E-state index contributed by atoms with van der Waals surface area (Å²) in [5, 5.41) is 28.2. The molecule has 12 atom stereocenters. The average molecular weight is 892 g/mol. The molecule has 1 amide bonds. The minimum absolute atomic E-state index is 0.0650. The molecule has 2 aromatic rings. The zero-order chi connectivity index (χ0) is 47.2. The van der Waals surface area contributed by atoms with Crippen molar-refractivity contribution in [2.75, 3.05) is 6.61 Å². The minimum Gasteiger partial charge on any atom is -0.459 e.